The van der Waals surface area contributed by atoms with E-state index >= 15 is 0 Å². The van der Waals surface area contributed by atoms with Crippen LogP contribution in [0.25, 0.3) is 6.08 Å². The number of ketones is 1. The topological polar surface area (TPSA) is 89.5 Å². The lowest BCUT2D eigenvalue weighted by atomic mass is 10.0. The van der Waals surface area contributed by atoms with Crippen LogP contribution in [0.2, 0.25) is 0 Å². The first-order chi connectivity index (χ1) is 14.4. The Bertz CT molecular complexity index is 1020. The average Bonchev–Trinajstić information content (AvgIpc) is 3.03. The van der Waals surface area contributed by atoms with E-state index in [2.05, 4.69) is 0 Å². The molecule has 0 fully saturated rings. The first kappa shape index (κ1) is 21.2. The third-order valence-corrected chi connectivity index (χ3v) is 4.46. The van der Waals surface area contributed by atoms with Gasteiger partial charge in [0.2, 0.25) is 11.5 Å². The van der Waals surface area contributed by atoms with Crippen molar-refractivity contribution < 1.29 is 38.0 Å². The van der Waals surface area contributed by atoms with Crippen molar-refractivity contribution in [3.63, 3.8) is 0 Å². The number of hydrogen-bond acceptors (Lipinski definition) is 8. The highest BCUT2D eigenvalue weighted by atomic mass is 16.6. The minimum atomic E-state index is -0.549. The monoisotopic (exact) mass is 414 g/mol. The Morgan fingerprint density at radius 1 is 1.03 bits per heavy atom. The van der Waals surface area contributed by atoms with Crippen LogP contribution in [0.4, 0.5) is 0 Å². The van der Waals surface area contributed by atoms with Crippen molar-refractivity contribution in [2.24, 2.45) is 0 Å². The second kappa shape index (κ2) is 8.87. The lowest BCUT2D eigenvalue weighted by Gasteiger charge is -2.14. The molecule has 8 nitrogen and oxygen atoms in total. The lowest BCUT2D eigenvalue weighted by molar-refractivity contribution is -0.138. The third-order valence-electron chi connectivity index (χ3n) is 4.46. The number of methoxy groups -OCH3 is 4. The van der Waals surface area contributed by atoms with Crippen molar-refractivity contribution in [3.8, 4) is 28.7 Å². The fourth-order valence-electron chi connectivity index (χ4n) is 3.19. The maximum Gasteiger partial charge on any atom is 0.337 e. The number of benzene rings is 2. The van der Waals surface area contributed by atoms with E-state index in [-0.39, 0.29) is 23.9 Å². The van der Waals surface area contributed by atoms with Gasteiger partial charge in [0.1, 0.15) is 18.1 Å². The van der Waals surface area contributed by atoms with Crippen molar-refractivity contribution >= 4 is 17.8 Å². The Morgan fingerprint density at radius 2 is 1.77 bits per heavy atom. The largest absolute Gasteiger partial charge is 0.493 e. The number of carbonyl (C=O) groups is 2. The number of allylic oxidation sites excluding steroid dienone is 1. The normalized spacial score (nSPS) is 13.6. The van der Waals surface area contributed by atoms with E-state index in [9.17, 15) is 9.59 Å². The Labute approximate surface area is 173 Å². The molecule has 0 radical (unpaired) electrons. The van der Waals surface area contributed by atoms with Gasteiger partial charge in [-0.05, 0) is 36.8 Å². The predicted octanol–water partition coefficient (Wildman–Crippen LogP) is 3.19. The Hall–Kier alpha value is -3.52. The minimum Gasteiger partial charge on any atom is -0.493 e. The molecule has 0 amide bonds. The van der Waals surface area contributed by atoms with E-state index in [1.807, 2.05) is 0 Å². The van der Waals surface area contributed by atoms with Gasteiger partial charge in [0, 0.05) is 18.7 Å². The van der Waals surface area contributed by atoms with Gasteiger partial charge in [0.05, 0.1) is 26.9 Å². The minimum absolute atomic E-state index is 0.110. The molecular formula is C22H22O8. The van der Waals surface area contributed by atoms with Crippen LogP contribution >= 0.6 is 0 Å². The average molecular weight is 414 g/mol. The molecule has 1 heterocycles. The van der Waals surface area contributed by atoms with Gasteiger partial charge in [-0.1, -0.05) is 0 Å². The van der Waals surface area contributed by atoms with Gasteiger partial charge in [-0.3, -0.25) is 4.79 Å². The Morgan fingerprint density at radius 3 is 2.40 bits per heavy atom. The maximum atomic E-state index is 12.9. The molecule has 0 aromatic heterocycles. The maximum absolute atomic E-state index is 12.9. The molecule has 0 aliphatic carbocycles. The molecule has 1 aliphatic heterocycles. The van der Waals surface area contributed by atoms with Gasteiger partial charge >= 0.3 is 5.97 Å². The SMILES string of the molecule is COCC(=O)Oc1cc(C)c2c(c1)O/C(=C\c1ccc(OC)c(OC)c1OC)C2=O. The highest BCUT2D eigenvalue weighted by molar-refractivity contribution is 6.15. The molecule has 0 saturated carbocycles. The summed E-state index contributed by atoms with van der Waals surface area (Å²) in [6.45, 7) is 1.56. The van der Waals surface area contributed by atoms with Crippen molar-refractivity contribution in [2.45, 2.75) is 6.92 Å². The lowest BCUT2D eigenvalue weighted by Crippen LogP contribution is -2.14. The van der Waals surface area contributed by atoms with E-state index in [4.69, 9.17) is 28.4 Å². The van der Waals surface area contributed by atoms with Gasteiger partial charge in [0.15, 0.2) is 17.3 Å². The molecule has 0 N–H and O–H groups in total. The first-order valence-corrected chi connectivity index (χ1v) is 9.01. The first-order valence-electron chi connectivity index (χ1n) is 9.01. The molecule has 0 bridgehead atoms. The van der Waals surface area contributed by atoms with E-state index in [0.29, 0.717) is 39.7 Å². The van der Waals surface area contributed by atoms with Crippen LogP contribution < -0.4 is 23.7 Å². The number of esters is 1. The summed E-state index contributed by atoms with van der Waals surface area (Å²) < 4.78 is 31.9. The number of rotatable bonds is 7. The second-order valence-electron chi connectivity index (χ2n) is 6.38. The van der Waals surface area contributed by atoms with E-state index in [1.165, 1.54) is 34.5 Å². The number of ether oxygens (including phenoxy) is 6. The van der Waals surface area contributed by atoms with Crippen LogP contribution in [0, 0.1) is 6.92 Å². The predicted molar refractivity (Wildman–Crippen MR) is 108 cm³/mol. The van der Waals surface area contributed by atoms with Crippen molar-refractivity contribution in [1.29, 1.82) is 0 Å². The van der Waals surface area contributed by atoms with Crippen LogP contribution in [-0.4, -0.2) is 46.8 Å². The van der Waals surface area contributed by atoms with Crippen LogP contribution in [0.1, 0.15) is 21.5 Å². The summed E-state index contributed by atoms with van der Waals surface area (Å²) in [5.41, 5.74) is 1.61. The number of aryl methyl sites for hydroxylation is 1. The molecule has 0 saturated heterocycles. The van der Waals surface area contributed by atoms with E-state index in [0.717, 1.165) is 0 Å². The fourth-order valence-corrected chi connectivity index (χ4v) is 3.19. The number of fused-ring (bicyclic) bond motifs is 1. The van der Waals surface area contributed by atoms with E-state index < -0.39 is 5.97 Å². The molecule has 1 aliphatic rings. The summed E-state index contributed by atoms with van der Waals surface area (Å²) in [4.78, 5) is 24.6. The molecule has 8 heteroatoms. The van der Waals surface area contributed by atoms with Gasteiger partial charge < -0.3 is 28.4 Å². The summed E-state index contributed by atoms with van der Waals surface area (Å²) in [6, 6.07) is 6.55. The molecular weight excluding hydrogens is 392 g/mol. The summed E-state index contributed by atoms with van der Waals surface area (Å²) in [6.07, 6.45) is 1.57. The molecule has 2 aromatic rings. The zero-order valence-electron chi connectivity index (χ0n) is 17.4. The molecule has 2 aromatic carbocycles. The van der Waals surface area contributed by atoms with Gasteiger partial charge in [0.25, 0.3) is 0 Å². The van der Waals surface area contributed by atoms with Crippen molar-refractivity contribution in [2.75, 3.05) is 35.0 Å². The summed E-state index contributed by atoms with van der Waals surface area (Å²) in [7, 11) is 5.92. The van der Waals surface area contributed by atoms with Gasteiger partial charge in [-0.2, -0.15) is 0 Å². The molecule has 0 atom stereocenters. The molecule has 3 rings (SSSR count). The highest BCUT2D eigenvalue weighted by Gasteiger charge is 2.31. The van der Waals surface area contributed by atoms with Crippen LogP contribution in [0.3, 0.4) is 0 Å². The fraction of sp³-hybridized carbons (Fsp3) is 0.273. The number of Topliss-reactive ketones (excluding diaryl/α,β-unsaturated/α-hetero) is 1. The quantitative estimate of drug-likeness (QED) is 0.388. The summed E-state index contributed by atoms with van der Waals surface area (Å²) in [5, 5.41) is 0. The third kappa shape index (κ3) is 3.95. The smallest absolute Gasteiger partial charge is 0.337 e. The van der Waals surface area contributed by atoms with Crippen molar-refractivity contribution in [3.05, 3.63) is 46.7 Å². The van der Waals surface area contributed by atoms with E-state index in [1.54, 1.807) is 31.2 Å². The standard InChI is InChI=1S/C22H22O8/c1-12-8-14(29-18(23)11-25-2)10-16-19(12)20(24)17(30-16)9-13-6-7-15(26-3)22(28-5)21(13)27-4/h6-10H,11H2,1-5H3/b17-9-. The summed E-state index contributed by atoms with van der Waals surface area (Å²) >= 11 is 0. The zero-order chi connectivity index (χ0) is 21.8. The molecule has 30 heavy (non-hydrogen) atoms. The Kier molecular flexibility index (Phi) is 6.27. The summed E-state index contributed by atoms with van der Waals surface area (Å²) in [5.74, 6) is 1.16. The molecule has 0 spiro atoms. The van der Waals surface area contributed by atoms with Crippen LogP contribution in [0.5, 0.6) is 28.7 Å². The number of carbonyl (C=O) groups excluding carboxylic acids is 2. The Balaban J connectivity index is 1.97. The number of hydrogen-bond donors (Lipinski definition) is 0. The van der Waals surface area contributed by atoms with Gasteiger partial charge in [-0.25, -0.2) is 4.79 Å². The second-order valence-corrected chi connectivity index (χ2v) is 6.38. The zero-order valence-corrected chi connectivity index (χ0v) is 17.4. The molecule has 158 valence electrons. The van der Waals surface area contributed by atoms with Crippen molar-refractivity contribution in [1.82, 2.24) is 0 Å². The highest BCUT2D eigenvalue weighted by Crippen LogP contribution is 2.42. The van der Waals surface area contributed by atoms with Crippen LogP contribution in [-0.2, 0) is 9.53 Å². The molecule has 0 unspecified atom stereocenters. The van der Waals surface area contributed by atoms with Gasteiger partial charge in [-0.15, -0.1) is 0 Å². The van der Waals surface area contributed by atoms with Crippen LogP contribution in [0.15, 0.2) is 30.0 Å².